The molecule has 0 saturated heterocycles. The van der Waals surface area contributed by atoms with Crippen molar-refractivity contribution in [3.05, 3.63) is 121 Å². The van der Waals surface area contributed by atoms with Crippen molar-refractivity contribution in [3.63, 3.8) is 0 Å². The van der Waals surface area contributed by atoms with Gasteiger partial charge in [-0.1, -0.05) is 111 Å². The van der Waals surface area contributed by atoms with Crippen molar-refractivity contribution in [2.45, 2.75) is 50.5 Å². The van der Waals surface area contributed by atoms with Gasteiger partial charge in [-0.25, -0.2) is 0 Å². The molecule has 2 atom stereocenters. The molecule has 41 heavy (non-hydrogen) atoms. The molecular weight excluding hydrogens is 495 g/mol. The smallest absolute Gasteiger partial charge is 0.252 e. The highest BCUT2D eigenvalue weighted by Gasteiger charge is 2.61. The number of para-hydroxylation sites is 3. The molecule has 0 spiro atoms. The summed E-state index contributed by atoms with van der Waals surface area (Å²) in [5.74, 6) is 0. The van der Waals surface area contributed by atoms with E-state index in [4.69, 9.17) is 0 Å². The van der Waals surface area contributed by atoms with E-state index in [1.807, 2.05) is 0 Å². The minimum atomic E-state index is 0.0630. The lowest BCUT2D eigenvalue weighted by atomic mass is 9.33. The first-order valence-electron chi connectivity index (χ1n) is 15.2. The zero-order chi connectivity index (χ0) is 27.3. The van der Waals surface area contributed by atoms with Crippen LogP contribution in [0.1, 0.15) is 45.1 Å². The molecule has 4 aliphatic rings. The summed E-state index contributed by atoms with van der Waals surface area (Å²) in [6, 6.07) is 43.1. The number of nitrogens with zero attached hydrogens (tertiary/aromatic N) is 2. The fraction of sp³-hybridized carbons (Fsp3) is 0.211. The highest BCUT2D eigenvalue weighted by atomic mass is 15.3. The van der Waals surface area contributed by atoms with Crippen LogP contribution in [0.5, 0.6) is 0 Å². The van der Waals surface area contributed by atoms with Crippen LogP contribution in [0, 0.1) is 0 Å². The van der Waals surface area contributed by atoms with Gasteiger partial charge in [0.05, 0.1) is 11.2 Å². The van der Waals surface area contributed by atoms with Gasteiger partial charge < -0.3 is 9.80 Å². The minimum absolute atomic E-state index is 0.0630. The SMILES string of the molecule is CC12CCCCC1(C)N1c3ccccc3B3c4ccccc4N(c4ccccc4-c4ccccc4)c4ccc2c1c43. The molecule has 5 aromatic carbocycles. The van der Waals surface area contributed by atoms with E-state index in [9.17, 15) is 0 Å². The third-order valence-electron chi connectivity index (χ3n) is 11.0. The Morgan fingerprint density at radius 1 is 0.585 bits per heavy atom. The molecular formula is C38H33BN2. The molecule has 0 bridgehead atoms. The molecule has 2 nitrogen and oxygen atoms in total. The van der Waals surface area contributed by atoms with Crippen molar-refractivity contribution in [1.29, 1.82) is 0 Å². The summed E-state index contributed by atoms with van der Waals surface area (Å²) in [6.07, 6.45) is 5.07. The molecule has 1 saturated carbocycles. The van der Waals surface area contributed by atoms with Crippen molar-refractivity contribution >= 4 is 51.5 Å². The van der Waals surface area contributed by atoms with Gasteiger partial charge in [0, 0.05) is 33.7 Å². The number of benzene rings is 5. The zero-order valence-corrected chi connectivity index (χ0v) is 23.8. The molecule has 0 radical (unpaired) electrons. The van der Waals surface area contributed by atoms with Crippen LogP contribution >= 0.6 is 0 Å². The predicted octanol–water partition coefficient (Wildman–Crippen LogP) is 7.71. The third-order valence-corrected chi connectivity index (χ3v) is 11.0. The Bertz CT molecular complexity index is 1860. The van der Waals surface area contributed by atoms with Crippen LogP contribution in [0.15, 0.2) is 115 Å². The van der Waals surface area contributed by atoms with Crippen molar-refractivity contribution in [2.75, 3.05) is 9.80 Å². The number of fused-ring (bicyclic) bond motifs is 8. The van der Waals surface area contributed by atoms with E-state index in [1.54, 1.807) is 5.56 Å². The van der Waals surface area contributed by atoms with Crippen molar-refractivity contribution in [3.8, 4) is 11.1 Å². The van der Waals surface area contributed by atoms with Crippen LogP contribution in [0.4, 0.5) is 28.4 Å². The lowest BCUT2D eigenvalue weighted by molar-refractivity contribution is 0.195. The van der Waals surface area contributed by atoms with Gasteiger partial charge in [0.2, 0.25) is 0 Å². The summed E-state index contributed by atoms with van der Waals surface area (Å²) in [6.45, 7) is 5.32. The molecule has 0 amide bonds. The first kappa shape index (κ1) is 23.5. The van der Waals surface area contributed by atoms with E-state index >= 15 is 0 Å². The molecule has 198 valence electrons. The van der Waals surface area contributed by atoms with Crippen LogP contribution < -0.4 is 26.2 Å². The number of rotatable bonds is 2. The first-order valence-corrected chi connectivity index (χ1v) is 15.2. The molecule has 5 aromatic rings. The maximum atomic E-state index is 2.79. The second-order valence-electron chi connectivity index (χ2n) is 12.8. The summed E-state index contributed by atoms with van der Waals surface area (Å²) in [5.41, 5.74) is 15.3. The average Bonchev–Trinajstić information content (AvgIpc) is 3.24. The van der Waals surface area contributed by atoms with E-state index in [0.717, 1.165) is 0 Å². The van der Waals surface area contributed by atoms with Gasteiger partial charge in [0.15, 0.2) is 0 Å². The molecule has 3 heteroatoms. The zero-order valence-electron chi connectivity index (χ0n) is 23.8. The highest BCUT2D eigenvalue weighted by molar-refractivity contribution is 7.00. The van der Waals surface area contributed by atoms with Crippen LogP contribution in [0.3, 0.4) is 0 Å². The molecule has 9 rings (SSSR count). The van der Waals surface area contributed by atoms with Gasteiger partial charge in [-0.3, -0.25) is 0 Å². The summed E-state index contributed by atoms with van der Waals surface area (Å²) < 4.78 is 0. The second kappa shape index (κ2) is 8.16. The number of hydrogen-bond donors (Lipinski definition) is 0. The highest BCUT2D eigenvalue weighted by Crippen LogP contribution is 2.62. The summed E-state index contributed by atoms with van der Waals surface area (Å²) >= 11 is 0. The monoisotopic (exact) mass is 528 g/mol. The lowest BCUT2D eigenvalue weighted by Gasteiger charge is -2.52. The van der Waals surface area contributed by atoms with Gasteiger partial charge >= 0.3 is 0 Å². The van der Waals surface area contributed by atoms with E-state index in [0.29, 0.717) is 0 Å². The van der Waals surface area contributed by atoms with Crippen LogP contribution in [0.25, 0.3) is 11.1 Å². The Labute approximate surface area is 243 Å². The maximum absolute atomic E-state index is 2.79. The topological polar surface area (TPSA) is 6.48 Å². The van der Waals surface area contributed by atoms with E-state index in [2.05, 4.69) is 139 Å². The molecule has 3 heterocycles. The lowest BCUT2D eigenvalue weighted by Crippen LogP contribution is -2.64. The Morgan fingerprint density at radius 3 is 2.02 bits per heavy atom. The number of hydrogen-bond acceptors (Lipinski definition) is 2. The Hall–Kier alpha value is -4.24. The second-order valence-corrected chi connectivity index (χ2v) is 12.8. The van der Waals surface area contributed by atoms with Gasteiger partial charge in [-0.15, -0.1) is 0 Å². The first-order chi connectivity index (χ1) is 20.1. The van der Waals surface area contributed by atoms with Crippen molar-refractivity contribution in [1.82, 2.24) is 0 Å². The Morgan fingerprint density at radius 2 is 1.22 bits per heavy atom. The molecule has 0 aromatic heterocycles. The minimum Gasteiger partial charge on any atom is -0.335 e. The van der Waals surface area contributed by atoms with Crippen LogP contribution in [-0.2, 0) is 5.41 Å². The predicted molar refractivity (Wildman–Crippen MR) is 174 cm³/mol. The summed E-state index contributed by atoms with van der Waals surface area (Å²) in [7, 11) is 0. The van der Waals surface area contributed by atoms with Crippen LogP contribution in [-0.4, -0.2) is 12.3 Å². The van der Waals surface area contributed by atoms with E-state index in [-0.39, 0.29) is 17.7 Å². The average molecular weight is 529 g/mol. The fourth-order valence-corrected chi connectivity index (χ4v) is 8.94. The van der Waals surface area contributed by atoms with Gasteiger partial charge in [-0.05, 0) is 71.5 Å². The molecule has 3 aliphatic heterocycles. The van der Waals surface area contributed by atoms with E-state index < -0.39 is 0 Å². The maximum Gasteiger partial charge on any atom is 0.252 e. The summed E-state index contributed by atoms with van der Waals surface area (Å²) in [4.78, 5) is 5.35. The molecule has 2 unspecified atom stereocenters. The van der Waals surface area contributed by atoms with Crippen molar-refractivity contribution in [2.24, 2.45) is 0 Å². The van der Waals surface area contributed by atoms with Crippen LogP contribution in [0.2, 0.25) is 0 Å². The van der Waals surface area contributed by atoms with Crippen molar-refractivity contribution < 1.29 is 0 Å². The van der Waals surface area contributed by atoms with E-state index in [1.165, 1.54) is 81.6 Å². The number of anilines is 5. The van der Waals surface area contributed by atoms with Gasteiger partial charge in [0.1, 0.15) is 0 Å². The van der Waals surface area contributed by atoms with Gasteiger partial charge in [-0.2, -0.15) is 0 Å². The van der Waals surface area contributed by atoms with Gasteiger partial charge in [0.25, 0.3) is 6.71 Å². The Kier molecular flexibility index (Phi) is 4.67. The third kappa shape index (κ3) is 2.84. The molecule has 0 N–H and O–H groups in total. The molecule has 1 fully saturated rings. The summed E-state index contributed by atoms with van der Waals surface area (Å²) in [5, 5.41) is 0. The molecule has 1 aliphatic carbocycles. The largest absolute Gasteiger partial charge is 0.335 e. The standard InChI is InChI=1S/C38H33BN2/c1-37-24-12-13-25-38(37,2)41-33-21-11-8-18-30(33)39-29-17-7-10-20-32(29)40(34-23-22-28(37)36(41)35(34)39)31-19-9-6-16-27(31)26-14-4-3-5-15-26/h3-11,14-23H,12-13,24-25H2,1-2H3. The quantitative estimate of drug-likeness (QED) is 0.213. The fourth-order valence-electron chi connectivity index (χ4n) is 8.94. The Balaban J connectivity index is 1.39. The normalized spacial score (nSPS) is 23.0.